The van der Waals surface area contributed by atoms with Gasteiger partial charge in [0.25, 0.3) is 5.56 Å². The van der Waals surface area contributed by atoms with Gasteiger partial charge in [-0.25, -0.2) is 8.42 Å². The average molecular weight is 418 g/mol. The molecule has 1 aromatic carbocycles. The third-order valence-electron chi connectivity index (χ3n) is 4.53. The topological polar surface area (TPSA) is 91.8 Å². The Morgan fingerprint density at radius 2 is 2.14 bits per heavy atom. The second-order valence-corrected chi connectivity index (χ2v) is 9.30. The van der Waals surface area contributed by atoms with Crippen LogP contribution >= 0.6 is 11.3 Å². The lowest BCUT2D eigenvalue weighted by molar-refractivity contribution is 0.340. The fourth-order valence-electron chi connectivity index (χ4n) is 3.32. The van der Waals surface area contributed by atoms with Gasteiger partial charge in [0.05, 0.1) is 35.0 Å². The molecule has 0 bridgehead atoms. The molecule has 3 aromatic rings. The molecule has 0 saturated heterocycles. The number of fused-ring (bicyclic) bond motifs is 1. The summed E-state index contributed by atoms with van der Waals surface area (Å²) in [5, 5.41) is 7.03. The first-order chi connectivity index (χ1) is 13.4. The first kappa shape index (κ1) is 18.7. The number of thiophene rings is 1. The van der Waals surface area contributed by atoms with Gasteiger partial charge in [0.2, 0.25) is 10.0 Å². The van der Waals surface area contributed by atoms with Gasteiger partial charge in [-0.3, -0.25) is 4.79 Å². The summed E-state index contributed by atoms with van der Waals surface area (Å²) in [6.45, 7) is 2.42. The summed E-state index contributed by atoms with van der Waals surface area (Å²) in [7, 11) is -3.63. The number of aromatic amines is 1. The van der Waals surface area contributed by atoms with Crippen LogP contribution < -0.4 is 10.3 Å². The summed E-state index contributed by atoms with van der Waals surface area (Å²) in [6.07, 6.45) is 1.45. The number of H-pyrrole nitrogens is 1. The van der Waals surface area contributed by atoms with Crippen molar-refractivity contribution < 1.29 is 13.2 Å². The maximum absolute atomic E-state index is 12.8. The zero-order chi connectivity index (χ0) is 19.9. The Bertz CT molecular complexity index is 1210. The van der Waals surface area contributed by atoms with Gasteiger partial charge in [-0.15, -0.1) is 11.3 Å². The summed E-state index contributed by atoms with van der Waals surface area (Å²) >= 11 is 1.49. The molecule has 1 atom stereocenters. The fraction of sp³-hybridized carbons (Fsp3) is 0.263. The molecule has 2 aromatic heterocycles. The monoisotopic (exact) mass is 417 g/mol. The Labute approximate surface area is 166 Å². The molecule has 0 spiro atoms. The number of hydrogen-bond acceptors (Lipinski definition) is 6. The van der Waals surface area contributed by atoms with Crippen molar-refractivity contribution in [3.05, 3.63) is 62.6 Å². The van der Waals surface area contributed by atoms with E-state index < -0.39 is 16.1 Å². The van der Waals surface area contributed by atoms with Crippen LogP contribution in [0.5, 0.6) is 5.75 Å². The molecule has 4 rings (SSSR count). The van der Waals surface area contributed by atoms with Crippen molar-refractivity contribution in [1.82, 2.24) is 9.40 Å². The van der Waals surface area contributed by atoms with Gasteiger partial charge in [-0.1, -0.05) is 6.07 Å². The Hall–Kier alpha value is -2.65. The molecule has 146 valence electrons. The van der Waals surface area contributed by atoms with E-state index in [0.29, 0.717) is 35.6 Å². The van der Waals surface area contributed by atoms with E-state index in [2.05, 4.69) is 10.1 Å². The maximum Gasteiger partial charge on any atom is 0.253 e. The Kier molecular flexibility index (Phi) is 4.72. The minimum absolute atomic E-state index is 0.331. The number of aromatic nitrogens is 1. The summed E-state index contributed by atoms with van der Waals surface area (Å²) in [5.41, 5.74) is 1.35. The third-order valence-corrected chi connectivity index (χ3v) is 6.47. The smallest absolute Gasteiger partial charge is 0.253 e. The molecule has 28 heavy (non-hydrogen) atoms. The van der Waals surface area contributed by atoms with Crippen LogP contribution in [-0.2, 0) is 10.0 Å². The van der Waals surface area contributed by atoms with Crippen LogP contribution in [0.25, 0.3) is 10.9 Å². The molecule has 0 aliphatic carbocycles. The van der Waals surface area contributed by atoms with Crippen LogP contribution in [-0.4, -0.2) is 36.4 Å². The predicted molar refractivity (Wildman–Crippen MR) is 111 cm³/mol. The average Bonchev–Trinajstić information content (AvgIpc) is 3.30. The number of sulfonamides is 1. The highest BCUT2D eigenvalue weighted by Crippen LogP contribution is 2.35. The normalized spacial score (nSPS) is 17.1. The number of rotatable bonds is 5. The Morgan fingerprint density at radius 3 is 2.82 bits per heavy atom. The van der Waals surface area contributed by atoms with Crippen molar-refractivity contribution in [2.75, 3.05) is 12.9 Å². The molecule has 0 unspecified atom stereocenters. The quantitative estimate of drug-likeness (QED) is 0.690. The number of hydrogen-bond donors (Lipinski definition) is 1. The second kappa shape index (κ2) is 7.06. The lowest BCUT2D eigenvalue weighted by Gasteiger charge is -2.21. The first-order valence-electron chi connectivity index (χ1n) is 8.77. The number of hydrazone groups is 1. The maximum atomic E-state index is 12.8. The molecule has 0 saturated carbocycles. The number of pyridine rings is 1. The molecule has 3 heterocycles. The van der Waals surface area contributed by atoms with Crippen LogP contribution in [0.1, 0.15) is 29.8 Å². The number of ether oxygens (including phenoxy) is 1. The van der Waals surface area contributed by atoms with Crippen molar-refractivity contribution in [2.45, 2.75) is 19.4 Å². The van der Waals surface area contributed by atoms with Crippen molar-refractivity contribution in [1.29, 1.82) is 0 Å². The molecular weight excluding hydrogens is 398 g/mol. The third kappa shape index (κ3) is 3.43. The van der Waals surface area contributed by atoms with Crippen molar-refractivity contribution in [3.63, 3.8) is 0 Å². The van der Waals surface area contributed by atoms with Gasteiger partial charge in [0, 0.05) is 18.1 Å². The van der Waals surface area contributed by atoms with Crippen LogP contribution in [0.2, 0.25) is 0 Å². The number of nitrogens with one attached hydrogen (secondary N) is 1. The van der Waals surface area contributed by atoms with Gasteiger partial charge in [-0.05, 0) is 42.0 Å². The van der Waals surface area contributed by atoms with E-state index in [9.17, 15) is 13.2 Å². The highest BCUT2D eigenvalue weighted by molar-refractivity contribution is 7.88. The molecule has 1 aliphatic rings. The molecule has 0 radical (unpaired) electrons. The largest absolute Gasteiger partial charge is 0.494 e. The van der Waals surface area contributed by atoms with E-state index in [1.54, 1.807) is 12.1 Å². The highest BCUT2D eigenvalue weighted by Gasteiger charge is 2.36. The minimum atomic E-state index is -3.63. The van der Waals surface area contributed by atoms with E-state index in [1.165, 1.54) is 11.3 Å². The van der Waals surface area contributed by atoms with Crippen LogP contribution in [0.3, 0.4) is 0 Å². The molecule has 1 aliphatic heterocycles. The van der Waals surface area contributed by atoms with E-state index in [1.807, 2.05) is 36.6 Å². The van der Waals surface area contributed by atoms with Crippen LogP contribution in [0.15, 0.2) is 51.7 Å². The van der Waals surface area contributed by atoms with Crippen molar-refractivity contribution in [2.24, 2.45) is 5.10 Å². The SMILES string of the molecule is CCOc1ccc2cc([C@H]3CC(c4cccs4)=NN3S(C)(=O)=O)c(=O)[nH]c2c1. The van der Waals surface area contributed by atoms with Crippen LogP contribution in [0, 0.1) is 0 Å². The molecule has 1 N–H and O–H groups in total. The van der Waals surface area contributed by atoms with Crippen molar-refractivity contribution >= 4 is 38.0 Å². The zero-order valence-electron chi connectivity index (χ0n) is 15.4. The summed E-state index contributed by atoms with van der Waals surface area (Å²) in [6, 6.07) is 10.3. The zero-order valence-corrected chi connectivity index (χ0v) is 17.0. The molecule has 9 heteroatoms. The van der Waals surface area contributed by atoms with Crippen LogP contribution in [0.4, 0.5) is 0 Å². The first-order valence-corrected chi connectivity index (χ1v) is 11.5. The second-order valence-electron chi connectivity index (χ2n) is 6.52. The summed E-state index contributed by atoms with van der Waals surface area (Å²) < 4.78 is 31.2. The Morgan fingerprint density at radius 1 is 1.32 bits per heavy atom. The standard InChI is InChI=1S/C19H19N3O4S2/c1-3-26-13-7-6-12-9-14(19(23)20-15(12)10-13)17-11-16(18-5-4-8-27-18)21-22(17)28(2,24)25/h4-10,17H,3,11H2,1-2H3,(H,20,23)/t17-/m1/s1. The molecule has 0 fully saturated rings. The summed E-state index contributed by atoms with van der Waals surface area (Å²) in [5.74, 6) is 0.667. The predicted octanol–water partition coefficient (Wildman–Crippen LogP) is 3.10. The molecular formula is C19H19N3O4S2. The summed E-state index contributed by atoms with van der Waals surface area (Å²) in [4.78, 5) is 16.5. The lowest BCUT2D eigenvalue weighted by Crippen LogP contribution is -2.30. The number of nitrogens with zero attached hydrogens (tertiary/aromatic N) is 2. The van der Waals surface area contributed by atoms with Gasteiger partial charge < -0.3 is 9.72 Å². The van der Waals surface area contributed by atoms with E-state index >= 15 is 0 Å². The van der Waals surface area contributed by atoms with E-state index in [4.69, 9.17) is 4.74 Å². The molecule has 7 nitrogen and oxygen atoms in total. The fourth-order valence-corrected chi connectivity index (χ4v) is 4.94. The van der Waals surface area contributed by atoms with E-state index in [-0.39, 0.29) is 5.56 Å². The highest BCUT2D eigenvalue weighted by atomic mass is 32.2. The van der Waals surface area contributed by atoms with Gasteiger partial charge in [0.1, 0.15) is 5.75 Å². The van der Waals surface area contributed by atoms with Gasteiger partial charge >= 0.3 is 0 Å². The lowest BCUT2D eigenvalue weighted by atomic mass is 10.0. The van der Waals surface area contributed by atoms with Gasteiger partial charge in [-0.2, -0.15) is 9.52 Å². The minimum Gasteiger partial charge on any atom is -0.494 e. The van der Waals surface area contributed by atoms with Gasteiger partial charge in [0.15, 0.2) is 0 Å². The molecule has 0 amide bonds. The van der Waals surface area contributed by atoms with Crippen molar-refractivity contribution in [3.8, 4) is 5.75 Å². The Balaban J connectivity index is 1.78. The van der Waals surface area contributed by atoms with E-state index in [0.717, 1.165) is 20.9 Å². The number of benzene rings is 1.